The Hall–Kier alpha value is -3.14. The van der Waals surface area contributed by atoms with E-state index in [2.05, 4.69) is 20.7 Å². The fraction of sp³-hybridized carbons (Fsp3) is 0.250. The second-order valence-corrected chi connectivity index (χ2v) is 4.64. The molecule has 2 rings (SSSR count). The first-order valence-electron chi connectivity index (χ1n) is 7.31. The Kier molecular flexibility index (Phi) is 5.89. The number of aromatic nitrogens is 2. The molecule has 0 aliphatic carbocycles. The third-order valence-corrected chi connectivity index (χ3v) is 3.04. The summed E-state index contributed by atoms with van der Waals surface area (Å²) >= 11 is 0. The maximum Gasteiger partial charge on any atom is 0.266 e. The molecular formula is C16H18N6O. The van der Waals surface area contributed by atoms with Crippen LogP contribution >= 0.6 is 0 Å². The van der Waals surface area contributed by atoms with E-state index in [0.717, 1.165) is 11.3 Å². The van der Waals surface area contributed by atoms with E-state index < -0.39 is 0 Å². The molecule has 7 nitrogen and oxygen atoms in total. The molecule has 0 aliphatic rings. The van der Waals surface area contributed by atoms with Crippen LogP contribution in [0.3, 0.4) is 0 Å². The predicted molar refractivity (Wildman–Crippen MR) is 88.7 cm³/mol. The highest BCUT2D eigenvalue weighted by atomic mass is 16.1. The van der Waals surface area contributed by atoms with Crippen molar-refractivity contribution in [2.45, 2.75) is 13.5 Å². The van der Waals surface area contributed by atoms with Crippen molar-refractivity contribution >= 4 is 5.96 Å². The molecule has 0 saturated carbocycles. The summed E-state index contributed by atoms with van der Waals surface area (Å²) in [6, 6.07) is 12.9. The highest BCUT2D eigenvalue weighted by Gasteiger charge is 2.03. The summed E-state index contributed by atoms with van der Waals surface area (Å²) in [6.07, 6.45) is 1.82. The summed E-state index contributed by atoms with van der Waals surface area (Å²) in [5.41, 5.74) is 1.50. The number of rotatable bonds is 5. The smallest absolute Gasteiger partial charge is 0.266 e. The van der Waals surface area contributed by atoms with Gasteiger partial charge in [0.1, 0.15) is 0 Å². The lowest BCUT2D eigenvalue weighted by atomic mass is 10.1. The lowest BCUT2D eigenvalue weighted by molar-refractivity contribution is 0.589. The molecule has 2 N–H and O–H groups in total. The normalized spacial score (nSPS) is 10.9. The lowest BCUT2D eigenvalue weighted by Gasteiger charge is -2.07. The molecule has 1 aromatic carbocycles. The van der Waals surface area contributed by atoms with Gasteiger partial charge in [-0.15, -0.1) is 0 Å². The predicted octanol–water partition coefficient (Wildman–Crippen LogP) is 0.946. The van der Waals surface area contributed by atoms with E-state index in [1.165, 1.54) is 10.7 Å². The average Bonchev–Trinajstić information content (AvgIpc) is 2.58. The van der Waals surface area contributed by atoms with Gasteiger partial charge in [-0.05, 0) is 13.0 Å². The summed E-state index contributed by atoms with van der Waals surface area (Å²) in [6.45, 7) is 3.23. The number of hydrogen-bond donors (Lipinski definition) is 2. The Bertz CT molecular complexity index is 760. The van der Waals surface area contributed by atoms with Crippen LogP contribution in [0.1, 0.15) is 6.92 Å². The molecule has 2 aromatic rings. The van der Waals surface area contributed by atoms with E-state index in [0.29, 0.717) is 25.6 Å². The molecule has 1 heterocycles. The van der Waals surface area contributed by atoms with Crippen molar-refractivity contribution in [3.05, 3.63) is 52.8 Å². The fourth-order valence-corrected chi connectivity index (χ4v) is 1.99. The van der Waals surface area contributed by atoms with Crippen LogP contribution < -0.4 is 16.2 Å². The van der Waals surface area contributed by atoms with Crippen LogP contribution in [0.4, 0.5) is 0 Å². The first kappa shape index (κ1) is 16.2. The molecule has 0 aliphatic heterocycles. The minimum atomic E-state index is -0.182. The first-order valence-corrected chi connectivity index (χ1v) is 7.31. The molecule has 0 amide bonds. The van der Waals surface area contributed by atoms with Gasteiger partial charge >= 0.3 is 0 Å². The van der Waals surface area contributed by atoms with Crippen LogP contribution in [0.25, 0.3) is 11.3 Å². The van der Waals surface area contributed by atoms with Crippen molar-refractivity contribution in [2.24, 2.45) is 4.99 Å². The summed E-state index contributed by atoms with van der Waals surface area (Å²) < 4.78 is 1.38. The highest BCUT2D eigenvalue weighted by Crippen LogP contribution is 2.13. The molecule has 0 fully saturated rings. The zero-order chi connectivity index (χ0) is 16.5. The van der Waals surface area contributed by atoms with Gasteiger partial charge in [-0.25, -0.2) is 4.68 Å². The van der Waals surface area contributed by atoms with Gasteiger partial charge in [0, 0.05) is 18.2 Å². The Morgan fingerprint density at radius 2 is 2.09 bits per heavy atom. The Balaban J connectivity index is 2.13. The molecule has 23 heavy (non-hydrogen) atoms. The number of nitriles is 1. The number of nitrogens with zero attached hydrogens (tertiary/aromatic N) is 4. The maximum atomic E-state index is 11.9. The molecular weight excluding hydrogens is 292 g/mol. The average molecular weight is 310 g/mol. The van der Waals surface area contributed by atoms with Gasteiger partial charge < -0.3 is 5.32 Å². The number of aliphatic imine (C=N–C) groups is 1. The van der Waals surface area contributed by atoms with Gasteiger partial charge in [0.25, 0.3) is 5.56 Å². The molecule has 7 heteroatoms. The van der Waals surface area contributed by atoms with Gasteiger partial charge in [0.2, 0.25) is 5.96 Å². The molecule has 1 aromatic heterocycles. The third kappa shape index (κ3) is 4.68. The standard InChI is InChI=1S/C16H18N6O/c1-2-18-16(20-12-17)19-10-11-22-15(23)9-8-14(21-22)13-6-4-3-5-7-13/h3-9H,2,10-11H2,1H3,(H2,18,19,20). The van der Waals surface area contributed by atoms with Crippen molar-refractivity contribution in [3.8, 4) is 17.5 Å². The second-order valence-electron chi connectivity index (χ2n) is 4.64. The van der Waals surface area contributed by atoms with Gasteiger partial charge in [0.05, 0.1) is 18.8 Å². The van der Waals surface area contributed by atoms with Gasteiger partial charge in [-0.3, -0.25) is 15.1 Å². The van der Waals surface area contributed by atoms with E-state index in [-0.39, 0.29) is 5.56 Å². The summed E-state index contributed by atoms with van der Waals surface area (Å²) in [7, 11) is 0. The Labute approximate surface area is 134 Å². The molecule has 0 saturated heterocycles. The highest BCUT2D eigenvalue weighted by molar-refractivity contribution is 5.81. The Morgan fingerprint density at radius 1 is 1.30 bits per heavy atom. The topological polar surface area (TPSA) is 95.1 Å². The first-order chi connectivity index (χ1) is 11.2. The van der Waals surface area contributed by atoms with E-state index >= 15 is 0 Å². The largest absolute Gasteiger partial charge is 0.356 e. The van der Waals surface area contributed by atoms with Crippen LogP contribution in [-0.4, -0.2) is 28.8 Å². The maximum absolute atomic E-state index is 11.9. The number of guanidine groups is 1. The number of hydrogen-bond acceptors (Lipinski definition) is 4. The molecule has 0 bridgehead atoms. The second kappa shape index (κ2) is 8.34. The van der Waals surface area contributed by atoms with Crippen LogP contribution in [0.15, 0.2) is 52.3 Å². The number of benzene rings is 1. The van der Waals surface area contributed by atoms with Gasteiger partial charge in [0.15, 0.2) is 6.19 Å². The minimum absolute atomic E-state index is 0.182. The monoisotopic (exact) mass is 310 g/mol. The fourth-order valence-electron chi connectivity index (χ4n) is 1.99. The summed E-state index contributed by atoms with van der Waals surface area (Å²) in [4.78, 5) is 16.1. The van der Waals surface area contributed by atoms with Crippen molar-refractivity contribution in [1.29, 1.82) is 5.26 Å². The van der Waals surface area contributed by atoms with Gasteiger partial charge in [-0.1, -0.05) is 30.3 Å². The molecule has 0 spiro atoms. The van der Waals surface area contributed by atoms with Crippen LogP contribution in [0, 0.1) is 11.5 Å². The summed E-state index contributed by atoms with van der Waals surface area (Å²) in [5, 5.41) is 18.4. The zero-order valence-corrected chi connectivity index (χ0v) is 12.9. The quantitative estimate of drug-likeness (QED) is 0.371. The van der Waals surface area contributed by atoms with Crippen molar-refractivity contribution < 1.29 is 0 Å². The van der Waals surface area contributed by atoms with Gasteiger partial charge in [-0.2, -0.15) is 10.4 Å². The van der Waals surface area contributed by atoms with Crippen molar-refractivity contribution in [2.75, 3.05) is 13.1 Å². The Morgan fingerprint density at radius 3 is 2.78 bits per heavy atom. The molecule has 118 valence electrons. The van der Waals surface area contributed by atoms with E-state index in [9.17, 15) is 4.79 Å². The zero-order valence-electron chi connectivity index (χ0n) is 12.9. The lowest BCUT2D eigenvalue weighted by Crippen LogP contribution is -2.35. The van der Waals surface area contributed by atoms with Crippen LogP contribution in [0.5, 0.6) is 0 Å². The molecule has 0 radical (unpaired) electrons. The minimum Gasteiger partial charge on any atom is -0.356 e. The van der Waals surface area contributed by atoms with Crippen LogP contribution in [0.2, 0.25) is 0 Å². The summed E-state index contributed by atoms with van der Waals surface area (Å²) in [5.74, 6) is 0.391. The SMILES string of the molecule is CCNC(=NCCn1nc(-c2ccccc2)ccc1=O)NC#N. The van der Waals surface area contributed by atoms with E-state index in [1.807, 2.05) is 43.4 Å². The van der Waals surface area contributed by atoms with Crippen molar-refractivity contribution in [1.82, 2.24) is 20.4 Å². The van der Waals surface area contributed by atoms with E-state index in [1.54, 1.807) is 6.07 Å². The van der Waals surface area contributed by atoms with Crippen molar-refractivity contribution in [3.63, 3.8) is 0 Å². The molecule has 0 atom stereocenters. The third-order valence-electron chi connectivity index (χ3n) is 3.04. The van der Waals surface area contributed by atoms with Crippen LogP contribution in [-0.2, 0) is 6.54 Å². The number of nitrogens with one attached hydrogen (secondary N) is 2. The van der Waals surface area contributed by atoms with E-state index in [4.69, 9.17) is 5.26 Å². The molecule has 0 unspecified atom stereocenters.